The van der Waals surface area contributed by atoms with E-state index in [9.17, 15) is 10.2 Å². The summed E-state index contributed by atoms with van der Waals surface area (Å²) >= 11 is 0. The molecule has 0 aromatic heterocycles. The average Bonchev–Trinajstić information content (AvgIpc) is 2.26. The highest BCUT2D eigenvalue weighted by Gasteiger charge is 2.45. The third kappa shape index (κ3) is 2.40. The minimum Gasteiger partial charge on any atom is -0.391 e. The molecule has 1 heterocycles. The Labute approximate surface area is 78.5 Å². The highest BCUT2D eigenvalue weighted by Crippen LogP contribution is 2.31. The Morgan fingerprint density at radius 2 is 1.31 bits per heavy atom. The van der Waals surface area contributed by atoms with Crippen LogP contribution in [0.4, 0.5) is 0 Å². The van der Waals surface area contributed by atoms with Gasteiger partial charge in [-0.2, -0.15) is 0 Å². The zero-order chi connectivity index (χ0) is 10.2. The molecule has 78 valence electrons. The largest absolute Gasteiger partial charge is 0.391 e. The number of hydrogen-bond donors (Lipinski definition) is 2. The molecule has 0 bridgehead atoms. The lowest BCUT2D eigenvalue weighted by Crippen LogP contribution is -2.39. The Hall–Kier alpha value is -0.160. The van der Waals surface area contributed by atoms with Crippen molar-refractivity contribution in [2.75, 3.05) is 0 Å². The minimum absolute atomic E-state index is 0.449. The lowest BCUT2D eigenvalue weighted by atomic mass is 10.1. The molecule has 0 unspecified atom stereocenters. The zero-order valence-corrected chi connectivity index (χ0v) is 8.52. The van der Waals surface area contributed by atoms with Crippen LogP contribution in [0, 0.1) is 0 Å². The van der Waals surface area contributed by atoms with Crippen LogP contribution in [-0.2, 0) is 9.47 Å². The van der Waals surface area contributed by atoms with Crippen LogP contribution in [0.5, 0.6) is 0 Å². The van der Waals surface area contributed by atoms with Crippen molar-refractivity contribution in [2.45, 2.75) is 57.9 Å². The van der Waals surface area contributed by atoms with E-state index < -0.39 is 30.2 Å². The van der Waals surface area contributed by atoms with Crippen molar-refractivity contribution in [3.8, 4) is 0 Å². The van der Waals surface area contributed by atoms with Crippen LogP contribution in [0.25, 0.3) is 0 Å². The van der Waals surface area contributed by atoms with Crippen LogP contribution in [0.15, 0.2) is 0 Å². The van der Waals surface area contributed by atoms with Gasteiger partial charge < -0.3 is 19.7 Å². The summed E-state index contributed by atoms with van der Waals surface area (Å²) in [5, 5.41) is 18.8. The summed E-state index contributed by atoms with van der Waals surface area (Å²) in [6.07, 6.45) is -2.17. The molecule has 4 heteroatoms. The molecule has 0 aromatic carbocycles. The number of ether oxygens (including phenoxy) is 2. The van der Waals surface area contributed by atoms with E-state index in [0.717, 1.165) is 0 Å². The second-order valence-electron chi connectivity index (χ2n) is 4.05. The van der Waals surface area contributed by atoms with Crippen molar-refractivity contribution in [1.29, 1.82) is 0 Å². The molecule has 0 aromatic rings. The van der Waals surface area contributed by atoms with Crippen molar-refractivity contribution in [3.63, 3.8) is 0 Å². The Morgan fingerprint density at radius 1 is 1.00 bits per heavy atom. The van der Waals surface area contributed by atoms with Gasteiger partial charge in [-0.05, 0) is 27.7 Å². The molecule has 0 spiro atoms. The predicted molar refractivity (Wildman–Crippen MR) is 47.2 cm³/mol. The third-order valence-corrected chi connectivity index (χ3v) is 2.11. The summed E-state index contributed by atoms with van der Waals surface area (Å²) in [6, 6.07) is 0. The number of aliphatic hydroxyl groups excluding tert-OH is 2. The number of rotatable bonds is 2. The van der Waals surface area contributed by atoms with Crippen LogP contribution >= 0.6 is 0 Å². The topological polar surface area (TPSA) is 58.9 Å². The quantitative estimate of drug-likeness (QED) is 0.656. The molecule has 1 aliphatic rings. The Kier molecular flexibility index (Phi) is 2.97. The second kappa shape index (κ2) is 3.53. The fourth-order valence-electron chi connectivity index (χ4n) is 1.56. The molecule has 0 aliphatic carbocycles. The smallest absolute Gasteiger partial charge is 0.164 e. The fraction of sp³-hybridized carbons (Fsp3) is 1.00. The summed E-state index contributed by atoms with van der Waals surface area (Å²) in [7, 11) is 0. The van der Waals surface area contributed by atoms with Gasteiger partial charge in [0.2, 0.25) is 0 Å². The molecule has 0 saturated carbocycles. The molecular weight excluding hydrogens is 172 g/mol. The van der Waals surface area contributed by atoms with Gasteiger partial charge >= 0.3 is 0 Å². The van der Waals surface area contributed by atoms with Gasteiger partial charge in [-0.15, -0.1) is 0 Å². The van der Waals surface area contributed by atoms with Gasteiger partial charge in [0, 0.05) is 0 Å². The first-order valence-corrected chi connectivity index (χ1v) is 4.55. The van der Waals surface area contributed by atoms with Crippen molar-refractivity contribution in [2.24, 2.45) is 0 Å². The first-order valence-electron chi connectivity index (χ1n) is 4.55. The van der Waals surface area contributed by atoms with E-state index >= 15 is 0 Å². The molecule has 4 atom stereocenters. The second-order valence-corrected chi connectivity index (χ2v) is 4.05. The number of hydrogen-bond acceptors (Lipinski definition) is 4. The average molecular weight is 190 g/mol. The van der Waals surface area contributed by atoms with E-state index in [0.29, 0.717) is 0 Å². The maximum absolute atomic E-state index is 9.39. The predicted octanol–water partition coefficient (Wildman–Crippen LogP) is 0.268. The Morgan fingerprint density at radius 3 is 1.54 bits per heavy atom. The SMILES string of the molecule is C[C@H](O)[C@@H]1OC(C)(C)O[C@H]1[C@@H](C)O. The van der Waals surface area contributed by atoms with Gasteiger partial charge in [0.05, 0.1) is 12.2 Å². The first-order chi connectivity index (χ1) is 5.83. The molecule has 2 N–H and O–H groups in total. The van der Waals surface area contributed by atoms with Crippen molar-refractivity contribution in [3.05, 3.63) is 0 Å². The zero-order valence-electron chi connectivity index (χ0n) is 8.52. The standard InChI is InChI=1S/C9H18O4/c1-5(10)7-8(6(2)11)13-9(3,4)12-7/h5-8,10-11H,1-4H3/t5-,6+,7-,8-/m0/s1. The molecule has 13 heavy (non-hydrogen) atoms. The summed E-state index contributed by atoms with van der Waals surface area (Å²) in [5.41, 5.74) is 0. The summed E-state index contributed by atoms with van der Waals surface area (Å²) in [6.45, 7) is 6.80. The summed E-state index contributed by atoms with van der Waals surface area (Å²) in [4.78, 5) is 0. The molecule has 1 rings (SSSR count). The first kappa shape index (κ1) is 10.9. The molecule has 1 fully saturated rings. The fourth-order valence-corrected chi connectivity index (χ4v) is 1.56. The van der Waals surface area contributed by atoms with E-state index in [2.05, 4.69) is 0 Å². The molecule has 1 saturated heterocycles. The highest BCUT2D eigenvalue weighted by molar-refractivity contribution is 4.87. The Bertz CT molecular complexity index is 158. The summed E-state index contributed by atoms with van der Waals surface area (Å²) in [5.74, 6) is -0.719. The normalized spacial score (nSPS) is 37.4. The lowest BCUT2D eigenvalue weighted by Gasteiger charge is -2.20. The van der Waals surface area contributed by atoms with Gasteiger partial charge in [0.1, 0.15) is 12.2 Å². The third-order valence-electron chi connectivity index (χ3n) is 2.11. The van der Waals surface area contributed by atoms with Gasteiger partial charge in [0.25, 0.3) is 0 Å². The van der Waals surface area contributed by atoms with Crippen LogP contribution in [0.2, 0.25) is 0 Å². The van der Waals surface area contributed by atoms with Gasteiger partial charge in [-0.25, -0.2) is 0 Å². The van der Waals surface area contributed by atoms with Crippen molar-refractivity contribution >= 4 is 0 Å². The maximum atomic E-state index is 9.39. The van der Waals surface area contributed by atoms with Crippen LogP contribution in [0.1, 0.15) is 27.7 Å². The monoisotopic (exact) mass is 190 g/mol. The van der Waals surface area contributed by atoms with Gasteiger partial charge in [0.15, 0.2) is 5.79 Å². The van der Waals surface area contributed by atoms with Crippen LogP contribution in [0.3, 0.4) is 0 Å². The Balaban J connectivity index is 2.71. The molecule has 1 aliphatic heterocycles. The van der Waals surface area contributed by atoms with Crippen molar-refractivity contribution < 1.29 is 19.7 Å². The molecular formula is C9H18O4. The molecule has 4 nitrogen and oxygen atoms in total. The van der Waals surface area contributed by atoms with Crippen LogP contribution < -0.4 is 0 Å². The molecule has 0 radical (unpaired) electrons. The van der Waals surface area contributed by atoms with E-state index in [1.54, 1.807) is 27.7 Å². The maximum Gasteiger partial charge on any atom is 0.164 e. The van der Waals surface area contributed by atoms with Crippen LogP contribution in [-0.4, -0.2) is 40.4 Å². The van der Waals surface area contributed by atoms with Gasteiger partial charge in [-0.3, -0.25) is 0 Å². The van der Waals surface area contributed by atoms with E-state index in [4.69, 9.17) is 9.47 Å². The van der Waals surface area contributed by atoms with E-state index in [1.807, 2.05) is 0 Å². The van der Waals surface area contributed by atoms with Crippen molar-refractivity contribution in [1.82, 2.24) is 0 Å². The summed E-state index contributed by atoms with van der Waals surface area (Å²) < 4.78 is 10.9. The van der Waals surface area contributed by atoms with E-state index in [1.165, 1.54) is 0 Å². The van der Waals surface area contributed by atoms with E-state index in [-0.39, 0.29) is 0 Å². The highest BCUT2D eigenvalue weighted by atomic mass is 16.8. The van der Waals surface area contributed by atoms with Gasteiger partial charge in [-0.1, -0.05) is 0 Å². The lowest BCUT2D eigenvalue weighted by molar-refractivity contribution is -0.159. The minimum atomic E-state index is -0.719. The number of aliphatic hydroxyl groups is 2. The molecule has 0 amide bonds.